The Kier molecular flexibility index (Phi) is 16.2. The predicted molar refractivity (Wildman–Crippen MR) is 234 cm³/mol. The van der Waals surface area contributed by atoms with E-state index in [0.717, 1.165) is 33.9 Å². The topological polar surface area (TPSA) is 281 Å². The van der Waals surface area contributed by atoms with Crippen LogP contribution in [0.15, 0.2) is 88.5 Å². The molecule has 63 heavy (non-hydrogen) atoms. The van der Waals surface area contributed by atoms with Crippen molar-refractivity contribution in [1.82, 2.24) is 45.6 Å². The first-order chi connectivity index (χ1) is 30.0. The zero-order chi connectivity index (χ0) is 46.0. The average Bonchev–Trinajstić information content (AvgIpc) is 3.83. The van der Waals surface area contributed by atoms with Gasteiger partial charge in [0, 0.05) is 55.5 Å². The van der Waals surface area contributed by atoms with Crippen molar-refractivity contribution >= 4 is 52.4 Å². The molecule has 0 spiro atoms. The lowest BCUT2D eigenvalue weighted by Gasteiger charge is -2.36. The lowest BCUT2D eigenvalue weighted by molar-refractivity contribution is -0.140. The fourth-order valence-corrected chi connectivity index (χ4v) is 7.56. The van der Waals surface area contributed by atoms with E-state index in [1.807, 2.05) is 24.3 Å². The van der Waals surface area contributed by atoms with Gasteiger partial charge in [0.2, 0.25) is 23.9 Å². The minimum Gasteiger partial charge on any atom is -0.508 e. The molecule has 1 aliphatic rings. The minimum absolute atomic E-state index is 0.0228. The molecule has 0 radical (unpaired) electrons. The molecule has 20 nitrogen and oxygen atoms in total. The van der Waals surface area contributed by atoms with Crippen LogP contribution in [0.25, 0.3) is 10.9 Å². The van der Waals surface area contributed by atoms with E-state index in [9.17, 15) is 48.9 Å². The van der Waals surface area contributed by atoms with Crippen LogP contribution in [0.3, 0.4) is 0 Å². The van der Waals surface area contributed by atoms with E-state index in [0.29, 0.717) is 16.9 Å². The predicted octanol–water partition coefficient (Wildman–Crippen LogP) is 0.582. The van der Waals surface area contributed by atoms with Gasteiger partial charge in [0.05, 0.1) is 12.1 Å². The molecule has 5 unspecified atom stereocenters. The fourth-order valence-electron chi connectivity index (χ4n) is 7.09. The number of aliphatic hydroxyl groups excluding tert-OH is 1. The van der Waals surface area contributed by atoms with Gasteiger partial charge in [-0.25, -0.2) is 14.4 Å². The van der Waals surface area contributed by atoms with Gasteiger partial charge in [-0.3, -0.25) is 33.6 Å². The molecule has 3 heterocycles. The number of aliphatic hydroxyl groups is 1. The van der Waals surface area contributed by atoms with E-state index in [4.69, 9.17) is 4.74 Å². The minimum atomic E-state index is -1.48. The molecule has 1 saturated heterocycles. The summed E-state index contributed by atoms with van der Waals surface area (Å²) in [7, 11) is 4.88. The first-order valence-electron chi connectivity index (χ1n) is 20.0. The second-order valence-corrected chi connectivity index (χ2v) is 16.3. The summed E-state index contributed by atoms with van der Waals surface area (Å²) < 4.78 is 6.73. The quantitative estimate of drug-likeness (QED) is 0.0624. The van der Waals surface area contributed by atoms with Gasteiger partial charge in [-0.05, 0) is 75.2 Å². The molecule has 1 aliphatic heterocycles. The van der Waals surface area contributed by atoms with Gasteiger partial charge in [0.1, 0.15) is 35.7 Å². The molecule has 2 aromatic carbocycles. The van der Waals surface area contributed by atoms with Crippen LogP contribution < -0.4 is 32.5 Å². The number of H-pyrrole nitrogens is 2. The Morgan fingerprint density at radius 2 is 1.71 bits per heavy atom. The zero-order valence-corrected chi connectivity index (χ0v) is 36.2. The van der Waals surface area contributed by atoms with E-state index >= 15 is 0 Å². The second-order valence-electron chi connectivity index (χ2n) is 15.4. The van der Waals surface area contributed by atoms with Crippen LogP contribution in [0, 0.1) is 0 Å². The van der Waals surface area contributed by atoms with Crippen molar-refractivity contribution in [3.8, 4) is 5.75 Å². The number of phenolic OH excluding ortho intramolecular Hbond substituents is 1. The van der Waals surface area contributed by atoms with E-state index in [-0.39, 0.29) is 37.2 Å². The number of carboxylic acid groups (broad SMARTS) is 1. The number of nitrogens with zero attached hydrogens (tertiary/aromatic N) is 3. The van der Waals surface area contributed by atoms with Crippen LogP contribution in [-0.4, -0.2) is 139 Å². The average molecular weight is 892 g/mol. The summed E-state index contributed by atoms with van der Waals surface area (Å²) in [5, 5.41) is 41.9. The number of hydrogen-bond donors (Lipinski definition) is 9. The van der Waals surface area contributed by atoms with Crippen LogP contribution >= 0.6 is 11.8 Å². The zero-order valence-electron chi connectivity index (χ0n) is 35.4. The number of fused-ring (bicyclic) bond motifs is 1. The molecular weight excluding hydrogens is 839 g/mol. The summed E-state index contributed by atoms with van der Waals surface area (Å²) in [6.45, 7) is 1.55. The number of thioether (sulfide) groups is 1. The number of nitrogens with one attached hydrogen (secondary N) is 6. The second kappa shape index (κ2) is 21.5. The number of urea groups is 1. The SMILES string of the molecule is CSCCC(NC(=O)NC(Cc1c[nH]c2ccccc12)C(=O)O)C(=O)NC(C(=O)N/C=C1\C[C@H](O)[C@@H](n2ccc(=O)[nH]c2=O)O1)C(C)N(C)C(=O)C(Cc1cccc(O)c1)N(C)C. The van der Waals surface area contributed by atoms with Crippen LogP contribution in [0.2, 0.25) is 0 Å². The first kappa shape index (κ1) is 47.5. The summed E-state index contributed by atoms with van der Waals surface area (Å²) in [6.07, 6.45) is 3.35. The van der Waals surface area contributed by atoms with Gasteiger partial charge < -0.3 is 51.2 Å². The molecule has 5 amide bonds. The van der Waals surface area contributed by atoms with E-state index in [1.165, 1.54) is 35.8 Å². The van der Waals surface area contributed by atoms with Crippen LogP contribution in [0.1, 0.15) is 37.1 Å². The van der Waals surface area contributed by atoms with Crippen molar-refractivity contribution in [2.24, 2.45) is 0 Å². The summed E-state index contributed by atoms with van der Waals surface area (Å²) >= 11 is 1.38. The third kappa shape index (κ3) is 12.3. The number of likely N-dealkylation sites (N-methyl/N-ethyl adjacent to an activating group) is 2. The summed E-state index contributed by atoms with van der Waals surface area (Å²) in [6, 6.07) is 7.96. The summed E-state index contributed by atoms with van der Waals surface area (Å²) in [5.41, 5.74) is 0.646. The van der Waals surface area contributed by atoms with Gasteiger partial charge in [0.25, 0.3) is 5.56 Å². The number of aromatic hydroxyl groups is 1. The number of para-hydroxylation sites is 1. The Labute approximate surface area is 366 Å². The lowest BCUT2D eigenvalue weighted by Crippen LogP contribution is -2.62. The lowest BCUT2D eigenvalue weighted by atomic mass is 10.0. The highest BCUT2D eigenvalue weighted by Crippen LogP contribution is 2.30. The molecule has 7 atom stereocenters. The summed E-state index contributed by atoms with van der Waals surface area (Å²) in [4.78, 5) is 100. The summed E-state index contributed by atoms with van der Waals surface area (Å²) in [5.74, 6) is -2.90. The maximum absolute atomic E-state index is 14.2. The Hall–Kier alpha value is -6.58. The molecule has 0 saturated carbocycles. The Morgan fingerprint density at radius 3 is 2.40 bits per heavy atom. The maximum atomic E-state index is 14.2. The highest BCUT2D eigenvalue weighted by atomic mass is 32.2. The largest absolute Gasteiger partial charge is 0.508 e. The van der Waals surface area contributed by atoms with Gasteiger partial charge in [-0.15, -0.1) is 0 Å². The number of carboxylic acids is 1. The Morgan fingerprint density at radius 1 is 0.984 bits per heavy atom. The van der Waals surface area contributed by atoms with Crippen molar-refractivity contribution in [3.05, 3.63) is 111 Å². The number of phenols is 1. The number of ether oxygens (including phenoxy) is 1. The standard InChI is InChI=1S/C42H53N9O11S/c1-23(50(4)38(57)32(49(2)3)18-24-9-8-10-26(52)17-24)35(37(56)44-22-27-20-33(53)39(62-27)51-15-13-34(54)47-42(51)61)48-36(55)30(14-16-63-5)45-41(60)46-31(40(58)59)19-25-21-43-29-12-7-6-11-28(25)29/h6-13,15,17,21-23,30-33,35,39,43,52-53H,14,16,18-20H2,1-5H3,(H,44,56)(H,48,55)(H,58,59)(H2,45,46,60)(H,47,54,61)/b27-22+/t23?,30?,31?,32?,33-,35?,39-/m0/s1. The Balaban J connectivity index is 1.37. The molecule has 2 aromatic heterocycles. The van der Waals surface area contributed by atoms with Crippen LogP contribution in [-0.2, 0) is 36.8 Å². The number of carbonyl (C=O) groups excluding carboxylic acids is 4. The first-order valence-corrected chi connectivity index (χ1v) is 21.4. The molecule has 0 bridgehead atoms. The normalized spacial score (nSPS) is 17.9. The number of hydrogen-bond acceptors (Lipinski definition) is 12. The molecule has 21 heteroatoms. The number of rotatable bonds is 19. The van der Waals surface area contributed by atoms with Crippen molar-refractivity contribution in [3.63, 3.8) is 0 Å². The molecule has 0 aliphatic carbocycles. The fraction of sp³-hybridized carbons (Fsp3) is 0.405. The molecule has 5 rings (SSSR count). The van der Waals surface area contributed by atoms with Gasteiger partial charge in [0.15, 0.2) is 0 Å². The van der Waals surface area contributed by atoms with Crippen molar-refractivity contribution in [2.75, 3.05) is 33.2 Å². The molecule has 4 aromatic rings. The van der Waals surface area contributed by atoms with Gasteiger partial charge in [-0.1, -0.05) is 30.3 Å². The van der Waals surface area contributed by atoms with Gasteiger partial charge >= 0.3 is 17.7 Å². The van der Waals surface area contributed by atoms with Crippen LogP contribution in [0.4, 0.5) is 4.79 Å². The van der Waals surface area contributed by atoms with Crippen molar-refractivity contribution in [2.45, 2.75) is 75.1 Å². The smallest absolute Gasteiger partial charge is 0.331 e. The third-order valence-corrected chi connectivity index (χ3v) is 11.4. The highest BCUT2D eigenvalue weighted by molar-refractivity contribution is 7.98. The van der Waals surface area contributed by atoms with E-state index in [2.05, 4.69) is 31.2 Å². The number of aromatic amines is 2. The highest BCUT2D eigenvalue weighted by Gasteiger charge is 2.38. The van der Waals surface area contributed by atoms with E-state index < -0.39 is 83.5 Å². The molecule has 1 fully saturated rings. The number of carbonyl (C=O) groups is 5. The molecule has 338 valence electrons. The maximum Gasteiger partial charge on any atom is 0.331 e. The van der Waals surface area contributed by atoms with Crippen LogP contribution in [0.5, 0.6) is 5.75 Å². The monoisotopic (exact) mass is 891 g/mol. The van der Waals surface area contributed by atoms with Crippen molar-refractivity contribution in [1.29, 1.82) is 0 Å². The number of amides is 5. The van der Waals surface area contributed by atoms with Crippen molar-refractivity contribution < 1.29 is 44.0 Å². The Bertz CT molecular complexity index is 2430. The third-order valence-electron chi connectivity index (χ3n) is 10.7. The number of benzene rings is 2. The molecular formula is C42H53N9O11S. The number of aliphatic carboxylic acids is 1. The molecule has 9 N–H and O–H groups in total. The van der Waals surface area contributed by atoms with E-state index in [1.54, 1.807) is 50.5 Å². The number of aromatic nitrogens is 3. The van der Waals surface area contributed by atoms with Gasteiger partial charge in [-0.2, -0.15) is 11.8 Å².